The first-order valence-electron chi connectivity index (χ1n) is 8.58. The highest BCUT2D eigenvalue weighted by molar-refractivity contribution is 7.99. The summed E-state index contributed by atoms with van der Waals surface area (Å²) in [5.74, 6) is -0.253. The molecule has 0 unspecified atom stereocenters. The van der Waals surface area contributed by atoms with E-state index in [0.29, 0.717) is 16.4 Å². The summed E-state index contributed by atoms with van der Waals surface area (Å²) in [4.78, 5) is 28.9. The van der Waals surface area contributed by atoms with Crippen molar-refractivity contribution in [1.82, 2.24) is 20.5 Å². The number of carbonyl (C=O) groups excluding carboxylic acids is 2. The molecule has 0 fully saturated rings. The van der Waals surface area contributed by atoms with Crippen LogP contribution in [-0.2, 0) is 4.79 Å². The summed E-state index contributed by atoms with van der Waals surface area (Å²) >= 11 is 1.14. The summed E-state index contributed by atoms with van der Waals surface area (Å²) in [7, 11) is 0. The molecule has 0 saturated heterocycles. The lowest BCUT2D eigenvalue weighted by Gasteiger charge is -2.16. The number of amides is 2. The Morgan fingerprint density at radius 3 is 2.57 bits per heavy atom. The average molecular weight is 396 g/mol. The lowest BCUT2D eigenvalue weighted by Crippen LogP contribution is -2.28. The topological polar surface area (TPSA) is 126 Å². The van der Waals surface area contributed by atoms with E-state index in [2.05, 4.69) is 25.8 Å². The van der Waals surface area contributed by atoms with Crippen molar-refractivity contribution in [3.8, 4) is 0 Å². The van der Waals surface area contributed by atoms with E-state index in [9.17, 15) is 9.59 Å². The van der Waals surface area contributed by atoms with Gasteiger partial charge in [-0.2, -0.15) is 4.98 Å². The molecule has 1 atom stereocenters. The molecule has 0 spiro atoms. The van der Waals surface area contributed by atoms with Gasteiger partial charge in [-0.15, -0.1) is 5.10 Å². The minimum Gasteiger partial charge on any atom is -0.368 e. The maximum atomic E-state index is 12.7. The molecule has 1 heterocycles. The molecule has 1 aromatic heterocycles. The Hall–Kier alpha value is -3.33. The molecule has 144 valence electrons. The Bertz CT molecular complexity index is 960. The quantitative estimate of drug-likeness (QED) is 0.455. The highest BCUT2D eigenvalue weighted by atomic mass is 32.2. The fraction of sp³-hybridized carbons (Fsp3) is 0.158. The number of H-pyrrole nitrogens is 1. The van der Waals surface area contributed by atoms with Gasteiger partial charge in [0, 0.05) is 0 Å². The highest BCUT2D eigenvalue weighted by Gasteiger charge is 2.16. The lowest BCUT2D eigenvalue weighted by molar-refractivity contribution is -0.113. The SMILES string of the molecule is C[C@@H](NC(=O)c1ccccc1NC(=O)CSc1n[nH]c(N)n1)c1ccccc1. The zero-order valence-corrected chi connectivity index (χ0v) is 16.0. The van der Waals surface area contributed by atoms with Crippen LogP contribution in [0.25, 0.3) is 0 Å². The third-order valence-electron chi connectivity index (χ3n) is 3.91. The molecule has 3 aromatic rings. The highest BCUT2D eigenvalue weighted by Crippen LogP contribution is 2.19. The van der Waals surface area contributed by atoms with Crippen LogP contribution < -0.4 is 16.4 Å². The number of nitrogens with one attached hydrogen (secondary N) is 3. The van der Waals surface area contributed by atoms with Crippen molar-refractivity contribution in [2.45, 2.75) is 18.1 Å². The molecule has 0 aliphatic heterocycles. The summed E-state index contributed by atoms with van der Waals surface area (Å²) in [5.41, 5.74) is 7.29. The molecule has 2 aromatic carbocycles. The van der Waals surface area contributed by atoms with Crippen molar-refractivity contribution < 1.29 is 9.59 Å². The average Bonchev–Trinajstić information content (AvgIpc) is 3.12. The Kier molecular flexibility index (Phi) is 6.28. The van der Waals surface area contributed by atoms with Crippen LogP contribution in [0.4, 0.5) is 11.6 Å². The van der Waals surface area contributed by atoms with Crippen LogP contribution in [0.1, 0.15) is 28.9 Å². The van der Waals surface area contributed by atoms with Gasteiger partial charge in [0.25, 0.3) is 5.91 Å². The zero-order chi connectivity index (χ0) is 19.9. The minimum atomic E-state index is -0.273. The van der Waals surface area contributed by atoms with E-state index < -0.39 is 0 Å². The van der Waals surface area contributed by atoms with Crippen LogP contribution in [0, 0.1) is 0 Å². The van der Waals surface area contributed by atoms with Gasteiger partial charge in [-0.1, -0.05) is 54.2 Å². The molecule has 5 N–H and O–H groups in total. The van der Waals surface area contributed by atoms with Crippen LogP contribution in [-0.4, -0.2) is 32.7 Å². The number of anilines is 2. The van der Waals surface area contributed by atoms with Crippen molar-refractivity contribution in [2.75, 3.05) is 16.8 Å². The van der Waals surface area contributed by atoms with Gasteiger partial charge in [0.1, 0.15) is 0 Å². The zero-order valence-electron chi connectivity index (χ0n) is 15.2. The Balaban J connectivity index is 1.63. The first-order valence-corrected chi connectivity index (χ1v) is 9.57. The summed E-state index contributed by atoms with van der Waals surface area (Å²) < 4.78 is 0. The van der Waals surface area contributed by atoms with Crippen molar-refractivity contribution in [3.05, 3.63) is 65.7 Å². The van der Waals surface area contributed by atoms with E-state index in [1.807, 2.05) is 37.3 Å². The van der Waals surface area contributed by atoms with Gasteiger partial charge in [0.2, 0.25) is 17.0 Å². The normalized spacial score (nSPS) is 11.6. The van der Waals surface area contributed by atoms with Crippen LogP contribution in [0.3, 0.4) is 0 Å². The number of aromatic nitrogens is 3. The van der Waals surface area contributed by atoms with Gasteiger partial charge in [0.05, 0.1) is 23.0 Å². The molecule has 3 rings (SSSR count). The predicted octanol–water partition coefficient (Wildman–Crippen LogP) is 2.61. The van der Waals surface area contributed by atoms with Crippen molar-refractivity contribution in [1.29, 1.82) is 0 Å². The van der Waals surface area contributed by atoms with Crippen LogP contribution in [0.5, 0.6) is 0 Å². The van der Waals surface area contributed by atoms with E-state index in [1.165, 1.54) is 0 Å². The van der Waals surface area contributed by atoms with Crippen molar-refractivity contribution in [3.63, 3.8) is 0 Å². The minimum absolute atomic E-state index is 0.0909. The van der Waals surface area contributed by atoms with Gasteiger partial charge in [0.15, 0.2) is 0 Å². The van der Waals surface area contributed by atoms with Gasteiger partial charge < -0.3 is 16.4 Å². The second-order valence-electron chi connectivity index (χ2n) is 5.99. The number of hydrogen-bond donors (Lipinski definition) is 4. The van der Waals surface area contributed by atoms with E-state index in [4.69, 9.17) is 5.73 Å². The van der Waals surface area contributed by atoms with Gasteiger partial charge >= 0.3 is 0 Å². The molecular weight excluding hydrogens is 376 g/mol. The largest absolute Gasteiger partial charge is 0.368 e. The van der Waals surface area contributed by atoms with E-state index in [-0.39, 0.29) is 29.6 Å². The van der Waals surface area contributed by atoms with Crippen molar-refractivity contribution >= 4 is 35.2 Å². The molecule has 0 aliphatic carbocycles. The molecule has 0 aliphatic rings. The number of hydrogen-bond acceptors (Lipinski definition) is 6. The van der Waals surface area contributed by atoms with Crippen LogP contribution in [0.15, 0.2) is 59.8 Å². The number of nitrogens with zero attached hydrogens (tertiary/aromatic N) is 2. The first kappa shape index (κ1) is 19.4. The third-order valence-corrected chi connectivity index (χ3v) is 4.75. The Morgan fingerprint density at radius 2 is 1.86 bits per heavy atom. The number of aromatic amines is 1. The number of rotatable bonds is 7. The van der Waals surface area contributed by atoms with Gasteiger partial charge in [-0.25, -0.2) is 5.10 Å². The molecular formula is C19H20N6O2S. The summed E-state index contributed by atoms with van der Waals surface area (Å²) in [6, 6.07) is 16.4. The smallest absolute Gasteiger partial charge is 0.253 e. The Morgan fingerprint density at radius 1 is 1.14 bits per heavy atom. The number of carbonyl (C=O) groups is 2. The predicted molar refractivity (Wildman–Crippen MR) is 109 cm³/mol. The molecule has 8 nitrogen and oxygen atoms in total. The van der Waals surface area contributed by atoms with Crippen LogP contribution >= 0.6 is 11.8 Å². The monoisotopic (exact) mass is 396 g/mol. The summed E-state index contributed by atoms with van der Waals surface area (Å²) in [6.07, 6.45) is 0. The van der Waals surface area contributed by atoms with E-state index in [1.54, 1.807) is 24.3 Å². The molecule has 0 bridgehead atoms. The molecule has 2 amide bonds. The molecule has 0 radical (unpaired) electrons. The molecule has 0 saturated carbocycles. The molecule has 28 heavy (non-hydrogen) atoms. The van der Waals surface area contributed by atoms with E-state index >= 15 is 0 Å². The third kappa shape index (κ3) is 5.10. The van der Waals surface area contributed by atoms with Gasteiger partial charge in [-0.3, -0.25) is 9.59 Å². The fourth-order valence-corrected chi connectivity index (χ4v) is 3.13. The lowest BCUT2D eigenvalue weighted by atomic mass is 10.1. The summed E-state index contributed by atoms with van der Waals surface area (Å²) in [5, 5.41) is 12.5. The number of para-hydroxylation sites is 1. The van der Waals surface area contributed by atoms with Crippen molar-refractivity contribution in [2.24, 2.45) is 0 Å². The van der Waals surface area contributed by atoms with Gasteiger partial charge in [-0.05, 0) is 24.6 Å². The number of nitrogen functional groups attached to an aromatic ring is 1. The second kappa shape index (κ2) is 9.05. The Labute approximate surface area is 166 Å². The first-order chi connectivity index (χ1) is 13.5. The molecule has 9 heteroatoms. The number of nitrogens with two attached hydrogens (primary N) is 1. The maximum Gasteiger partial charge on any atom is 0.253 e. The number of benzene rings is 2. The number of thioether (sulfide) groups is 1. The van der Waals surface area contributed by atoms with Crippen LogP contribution in [0.2, 0.25) is 0 Å². The summed E-state index contributed by atoms with van der Waals surface area (Å²) in [6.45, 7) is 1.91. The standard InChI is InChI=1S/C19H20N6O2S/c1-12(13-7-3-2-4-8-13)21-17(27)14-9-5-6-10-15(14)22-16(26)11-28-19-23-18(20)24-25-19/h2-10,12H,11H2,1H3,(H,21,27)(H,22,26)(H3,20,23,24,25)/t12-/m1/s1. The second-order valence-corrected chi connectivity index (χ2v) is 6.93. The van der Waals surface area contributed by atoms with E-state index in [0.717, 1.165) is 17.3 Å². The maximum absolute atomic E-state index is 12.7. The fourth-order valence-electron chi connectivity index (χ4n) is 2.53.